The molecule has 0 aliphatic rings. The van der Waals surface area contributed by atoms with Crippen molar-refractivity contribution < 1.29 is 9.13 Å². The van der Waals surface area contributed by atoms with Crippen LogP contribution >= 0.6 is 0 Å². The predicted octanol–water partition coefficient (Wildman–Crippen LogP) is 2.25. The maximum absolute atomic E-state index is 12.7. The number of rotatable bonds is 7. The molecule has 19 heavy (non-hydrogen) atoms. The summed E-state index contributed by atoms with van der Waals surface area (Å²) in [4.78, 5) is 6.29. The van der Waals surface area contributed by atoms with Crippen LogP contribution in [-0.4, -0.2) is 37.1 Å². The fraction of sp³-hybridized carbons (Fsp3) is 0.500. The van der Waals surface area contributed by atoms with Gasteiger partial charge in [-0.2, -0.15) is 0 Å². The Kier molecular flexibility index (Phi) is 6.71. The average molecular weight is 267 g/mol. The van der Waals surface area contributed by atoms with Gasteiger partial charge in [0.1, 0.15) is 11.6 Å². The number of guanidine groups is 1. The van der Waals surface area contributed by atoms with Crippen molar-refractivity contribution in [1.29, 1.82) is 0 Å². The summed E-state index contributed by atoms with van der Waals surface area (Å²) in [5.41, 5.74) is 5.84. The zero-order valence-electron chi connectivity index (χ0n) is 11.6. The number of nitrogens with zero attached hydrogens (tertiary/aromatic N) is 2. The second-order valence-corrected chi connectivity index (χ2v) is 4.07. The Morgan fingerprint density at radius 3 is 2.47 bits per heavy atom. The van der Waals surface area contributed by atoms with E-state index in [1.54, 1.807) is 12.1 Å². The number of ether oxygens (including phenoxy) is 1. The minimum Gasteiger partial charge on any atom is -0.494 e. The smallest absolute Gasteiger partial charge is 0.191 e. The SMILES string of the molecule is CCN(CC)C(N)=NCCCOc1ccc(F)cc1. The van der Waals surface area contributed by atoms with Crippen molar-refractivity contribution in [2.45, 2.75) is 20.3 Å². The molecular weight excluding hydrogens is 245 g/mol. The molecule has 0 heterocycles. The van der Waals surface area contributed by atoms with Crippen molar-refractivity contribution in [3.63, 3.8) is 0 Å². The molecule has 0 amide bonds. The summed E-state index contributed by atoms with van der Waals surface area (Å²) in [6.45, 7) is 6.98. The first-order valence-corrected chi connectivity index (χ1v) is 6.60. The van der Waals surface area contributed by atoms with Gasteiger partial charge >= 0.3 is 0 Å². The number of nitrogens with two attached hydrogens (primary N) is 1. The summed E-state index contributed by atoms with van der Waals surface area (Å²) in [5, 5.41) is 0. The Morgan fingerprint density at radius 1 is 1.26 bits per heavy atom. The Bertz CT molecular complexity index is 388. The zero-order valence-corrected chi connectivity index (χ0v) is 11.6. The highest BCUT2D eigenvalue weighted by Crippen LogP contribution is 2.11. The molecule has 0 fully saturated rings. The summed E-state index contributed by atoms with van der Waals surface area (Å²) in [6.07, 6.45) is 0.777. The van der Waals surface area contributed by atoms with Crippen molar-refractivity contribution >= 4 is 5.96 Å². The fourth-order valence-corrected chi connectivity index (χ4v) is 1.63. The fourth-order valence-electron chi connectivity index (χ4n) is 1.63. The third-order valence-corrected chi connectivity index (χ3v) is 2.75. The molecule has 0 aliphatic heterocycles. The molecule has 0 aliphatic carbocycles. The summed E-state index contributed by atoms with van der Waals surface area (Å²) < 4.78 is 18.1. The van der Waals surface area contributed by atoms with Crippen molar-refractivity contribution in [3.8, 4) is 5.75 Å². The monoisotopic (exact) mass is 267 g/mol. The van der Waals surface area contributed by atoms with Gasteiger partial charge in [-0.05, 0) is 38.1 Å². The van der Waals surface area contributed by atoms with Crippen LogP contribution in [0, 0.1) is 5.82 Å². The highest BCUT2D eigenvalue weighted by molar-refractivity contribution is 5.77. The van der Waals surface area contributed by atoms with E-state index < -0.39 is 0 Å². The van der Waals surface area contributed by atoms with Crippen LogP contribution in [0.2, 0.25) is 0 Å². The van der Waals surface area contributed by atoms with Crippen molar-refractivity contribution in [2.24, 2.45) is 10.7 Å². The molecular formula is C14H22FN3O. The molecule has 0 atom stereocenters. The molecule has 0 radical (unpaired) electrons. The van der Waals surface area contributed by atoms with Crippen molar-refractivity contribution in [2.75, 3.05) is 26.2 Å². The molecule has 2 N–H and O–H groups in total. The lowest BCUT2D eigenvalue weighted by molar-refractivity contribution is 0.312. The molecule has 0 saturated carbocycles. The highest BCUT2D eigenvalue weighted by Gasteiger charge is 2.01. The van der Waals surface area contributed by atoms with E-state index in [2.05, 4.69) is 4.99 Å². The molecule has 1 aromatic rings. The van der Waals surface area contributed by atoms with E-state index >= 15 is 0 Å². The first-order valence-electron chi connectivity index (χ1n) is 6.60. The Balaban J connectivity index is 2.24. The normalized spacial score (nSPS) is 11.4. The van der Waals surface area contributed by atoms with Crippen LogP contribution in [0.4, 0.5) is 4.39 Å². The maximum Gasteiger partial charge on any atom is 0.191 e. The van der Waals surface area contributed by atoms with Crippen molar-refractivity contribution in [3.05, 3.63) is 30.1 Å². The molecule has 0 unspecified atom stereocenters. The predicted molar refractivity (Wildman–Crippen MR) is 75.9 cm³/mol. The largest absolute Gasteiger partial charge is 0.494 e. The first-order chi connectivity index (χ1) is 9.17. The second kappa shape index (κ2) is 8.34. The lowest BCUT2D eigenvalue weighted by Gasteiger charge is -2.19. The third kappa shape index (κ3) is 5.59. The van der Waals surface area contributed by atoms with Crippen LogP contribution in [0.5, 0.6) is 5.75 Å². The lowest BCUT2D eigenvalue weighted by Crippen LogP contribution is -2.37. The standard InChI is InChI=1S/C14H22FN3O/c1-3-18(4-2)14(16)17-10-5-11-19-13-8-6-12(15)7-9-13/h6-9H,3-5,10-11H2,1-2H3,(H2,16,17). The van der Waals surface area contributed by atoms with Gasteiger partial charge < -0.3 is 15.4 Å². The summed E-state index contributed by atoms with van der Waals surface area (Å²) >= 11 is 0. The number of benzene rings is 1. The van der Waals surface area contributed by atoms with E-state index in [1.165, 1.54) is 12.1 Å². The van der Waals surface area contributed by atoms with Gasteiger partial charge in [-0.25, -0.2) is 4.39 Å². The van der Waals surface area contributed by atoms with Gasteiger partial charge in [0, 0.05) is 26.1 Å². The quantitative estimate of drug-likeness (QED) is 0.468. The number of hydrogen-bond donors (Lipinski definition) is 1. The first kappa shape index (κ1) is 15.3. The summed E-state index contributed by atoms with van der Waals surface area (Å²) in [6, 6.07) is 5.99. The second-order valence-electron chi connectivity index (χ2n) is 4.07. The number of hydrogen-bond acceptors (Lipinski definition) is 2. The van der Waals surface area contributed by atoms with Crippen LogP contribution < -0.4 is 10.5 Å². The zero-order chi connectivity index (χ0) is 14.1. The molecule has 0 bridgehead atoms. The van der Waals surface area contributed by atoms with E-state index in [1.807, 2.05) is 18.7 Å². The van der Waals surface area contributed by atoms with Crippen LogP contribution in [0.3, 0.4) is 0 Å². The molecule has 0 aromatic heterocycles. The van der Waals surface area contributed by atoms with Crippen LogP contribution in [0.1, 0.15) is 20.3 Å². The Labute approximate surface area is 114 Å². The number of halogens is 1. The van der Waals surface area contributed by atoms with E-state index in [-0.39, 0.29) is 5.82 Å². The van der Waals surface area contributed by atoms with Gasteiger partial charge in [0.15, 0.2) is 5.96 Å². The highest BCUT2D eigenvalue weighted by atomic mass is 19.1. The van der Waals surface area contributed by atoms with Gasteiger partial charge in [0.25, 0.3) is 0 Å². The Hall–Kier alpha value is -1.78. The lowest BCUT2D eigenvalue weighted by atomic mass is 10.3. The van der Waals surface area contributed by atoms with Gasteiger partial charge in [-0.1, -0.05) is 0 Å². The van der Waals surface area contributed by atoms with Crippen molar-refractivity contribution in [1.82, 2.24) is 4.90 Å². The minimum atomic E-state index is -0.260. The van der Waals surface area contributed by atoms with Gasteiger partial charge in [0.05, 0.1) is 6.61 Å². The third-order valence-electron chi connectivity index (χ3n) is 2.75. The summed E-state index contributed by atoms with van der Waals surface area (Å²) in [7, 11) is 0. The van der Waals surface area contributed by atoms with Gasteiger partial charge in [0.2, 0.25) is 0 Å². The van der Waals surface area contributed by atoms with E-state index in [0.29, 0.717) is 24.9 Å². The van der Waals surface area contributed by atoms with Gasteiger partial charge in [-0.3, -0.25) is 4.99 Å². The molecule has 0 saturated heterocycles. The molecule has 106 valence electrons. The maximum atomic E-state index is 12.7. The topological polar surface area (TPSA) is 50.8 Å². The molecule has 4 nitrogen and oxygen atoms in total. The van der Waals surface area contributed by atoms with Gasteiger partial charge in [-0.15, -0.1) is 0 Å². The molecule has 0 spiro atoms. The van der Waals surface area contributed by atoms with Crippen LogP contribution in [-0.2, 0) is 0 Å². The average Bonchev–Trinajstić information content (AvgIpc) is 2.42. The van der Waals surface area contributed by atoms with E-state index in [0.717, 1.165) is 19.5 Å². The molecule has 5 heteroatoms. The minimum absolute atomic E-state index is 0.260. The van der Waals surface area contributed by atoms with E-state index in [9.17, 15) is 4.39 Å². The number of aliphatic imine (C=N–C) groups is 1. The summed E-state index contributed by atoms with van der Waals surface area (Å²) in [5.74, 6) is 0.984. The van der Waals surface area contributed by atoms with Crippen LogP contribution in [0.15, 0.2) is 29.3 Å². The Morgan fingerprint density at radius 2 is 1.89 bits per heavy atom. The van der Waals surface area contributed by atoms with Crippen LogP contribution in [0.25, 0.3) is 0 Å². The van der Waals surface area contributed by atoms with E-state index in [4.69, 9.17) is 10.5 Å². The molecule has 1 rings (SSSR count). The molecule has 1 aromatic carbocycles.